The van der Waals surface area contributed by atoms with Crippen molar-refractivity contribution in [1.82, 2.24) is 5.43 Å². The second kappa shape index (κ2) is 10.3. The van der Waals surface area contributed by atoms with Crippen LogP contribution in [0.4, 0.5) is 5.69 Å². The van der Waals surface area contributed by atoms with Gasteiger partial charge in [0.25, 0.3) is 0 Å². The molecule has 0 saturated carbocycles. The van der Waals surface area contributed by atoms with E-state index in [1.165, 1.54) is 13.3 Å². The number of nitrogens with one attached hydrogen (secondary N) is 2. The molecule has 0 heterocycles. The minimum atomic E-state index is -0.883. The monoisotopic (exact) mass is 403 g/mol. The predicted molar refractivity (Wildman–Crippen MR) is 109 cm³/mol. The van der Waals surface area contributed by atoms with E-state index in [2.05, 4.69) is 15.8 Å². The Bertz CT molecular complexity index is 884. The van der Waals surface area contributed by atoms with Crippen LogP contribution >= 0.6 is 11.6 Å². The Morgan fingerprint density at radius 1 is 1.18 bits per heavy atom. The van der Waals surface area contributed by atoms with Crippen LogP contribution in [0.2, 0.25) is 5.02 Å². The van der Waals surface area contributed by atoms with Crippen LogP contribution in [-0.2, 0) is 16.0 Å². The van der Waals surface area contributed by atoms with Crippen LogP contribution in [0.15, 0.2) is 41.5 Å². The summed E-state index contributed by atoms with van der Waals surface area (Å²) in [5, 5.41) is 6.72. The summed E-state index contributed by atoms with van der Waals surface area (Å²) in [5.74, 6) is -0.814. The Labute approximate surface area is 168 Å². The third-order valence-electron chi connectivity index (χ3n) is 3.77. The van der Waals surface area contributed by atoms with Crippen molar-refractivity contribution in [1.29, 1.82) is 0 Å². The normalized spacial score (nSPS) is 10.6. The Morgan fingerprint density at radius 3 is 2.61 bits per heavy atom. The number of hydrogen-bond acceptors (Lipinski definition) is 5. The highest BCUT2D eigenvalue weighted by molar-refractivity contribution is 6.39. The van der Waals surface area contributed by atoms with Crippen LogP contribution in [0.5, 0.6) is 11.5 Å². The molecule has 0 aromatic heterocycles. The summed E-state index contributed by atoms with van der Waals surface area (Å²) in [6.07, 6.45) is 2.09. The smallest absolute Gasteiger partial charge is 0.329 e. The number of methoxy groups -OCH3 is 1. The van der Waals surface area contributed by atoms with Crippen LogP contribution in [0.25, 0.3) is 0 Å². The number of hydrazone groups is 1. The zero-order valence-corrected chi connectivity index (χ0v) is 16.7. The first kappa shape index (κ1) is 21.2. The van der Waals surface area contributed by atoms with Crippen LogP contribution in [-0.4, -0.2) is 31.7 Å². The van der Waals surface area contributed by atoms with Gasteiger partial charge in [0.05, 0.1) is 25.0 Å². The zero-order chi connectivity index (χ0) is 20.5. The predicted octanol–water partition coefficient (Wildman–Crippen LogP) is 3.40. The van der Waals surface area contributed by atoms with Crippen molar-refractivity contribution in [3.05, 3.63) is 52.5 Å². The summed E-state index contributed by atoms with van der Waals surface area (Å²) in [4.78, 5) is 24.0. The number of amides is 2. The maximum absolute atomic E-state index is 12.0. The zero-order valence-electron chi connectivity index (χ0n) is 15.9. The van der Waals surface area contributed by atoms with Gasteiger partial charge >= 0.3 is 11.8 Å². The van der Waals surface area contributed by atoms with Gasteiger partial charge in [0.2, 0.25) is 0 Å². The van der Waals surface area contributed by atoms with Gasteiger partial charge < -0.3 is 14.8 Å². The summed E-state index contributed by atoms with van der Waals surface area (Å²) in [6.45, 7) is 4.24. The molecule has 148 valence electrons. The molecule has 28 heavy (non-hydrogen) atoms. The number of anilines is 1. The first-order chi connectivity index (χ1) is 13.5. The van der Waals surface area contributed by atoms with E-state index >= 15 is 0 Å². The standard InChI is InChI=1S/C20H22ClN3O4/c1-4-14-8-6-7-9-16(14)23-19(25)20(26)24-22-12-13-10-15(21)18(27-3)17(11-13)28-5-2/h6-12H,4-5H2,1-3H3,(H,23,25)(H,24,26)/b22-12-. The van der Waals surface area contributed by atoms with E-state index in [-0.39, 0.29) is 0 Å². The highest BCUT2D eigenvalue weighted by atomic mass is 35.5. The second-order valence-corrected chi connectivity index (χ2v) is 6.04. The molecule has 0 saturated heterocycles. The molecule has 0 atom stereocenters. The van der Waals surface area contributed by atoms with Crippen molar-refractivity contribution in [3.8, 4) is 11.5 Å². The van der Waals surface area contributed by atoms with Crippen LogP contribution in [0.1, 0.15) is 25.0 Å². The van der Waals surface area contributed by atoms with Gasteiger partial charge in [-0.25, -0.2) is 5.43 Å². The van der Waals surface area contributed by atoms with Gasteiger partial charge in [-0.2, -0.15) is 5.10 Å². The minimum Gasteiger partial charge on any atom is -0.491 e. The third-order valence-corrected chi connectivity index (χ3v) is 4.05. The molecular weight excluding hydrogens is 382 g/mol. The molecule has 0 aliphatic rings. The first-order valence-electron chi connectivity index (χ1n) is 8.72. The lowest BCUT2D eigenvalue weighted by atomic mass is 10.1. The molecular formula is C20H22ClN3O4. The van der Waals surface area contributed by atoms with Crippen molar-refractivity contribution < 1.29 is 19.1 Å². The number of ether oxygens (including phenoxy) is 2. The van der Waals surface area contributed by atoms with E-state index < -0.39 is 11.8 Å². The van der Waals surface area contributed by atoms with E-state index in [1.807, 2.05) is 26.0 Å². The summed E-state index contributed by atoms with van der Waals surface area (Å²) >= 11 is 6.16. The number of para-hydroxylation sites is 1. The SMILES string of the molecule is CCOc1cc(/C=N\NC(=O)C(=O)Nc2ccccc2CC)cc(Cl)c1OC. The lowest BCUT2D eigenvalue weighted by Gasteiger charge is -2.11. The Hall–Kier alpha value is -3.06. The van der Waals surface area contributed by atoms with Crippen LogP contribution in [0.3, 0.4) is 0 Å². The number of benzene rings is 2. The van der Waals surface area contributed by atoms with Crippen molar-refractivity contribution in [3.63, 3.8) is 0 Å². The van der Waals surface area contributed by atoms with Gasteiger partial charge in [-0.3, -0.25) is 9.59 Å². The highest BCUT2D eigenvalue weighted by Crippen LogP contribution is 2.35. The maximum Gasteiger partial charge on any atom is 0.329 e. The van der Waals surface area contributed by atoms with E-state index in [0.717, 1.165) is 12.0 Å². The van der Waals surface area contributed by atoms with E-state index in [0.29, 0.717) is 34.4 Å². The lowest BCUT2D eigenvalue weighted by Crippen LogP contribution is -2.32. The largest absolute Gasteiger partial charge is 0.491 e. The number of aryl methyl sites for hydroxylation is 1. The van der Waals surface area contributed by atoms with E-state index in [9.17, 15) is 9.59 Å². The van der Waals surface area contributed by atoms with Gasteiger partial charge in [-0.05, 0) is 42.7 Å². The fourth-order valence-electron chi connectivity index (χ4n) is 2.47. The Balaban J connectivity index is 2.03. The molecule has 7 nitrogen and oxygen atoms in total. The third kappa shape index (κ3) is 5.47. The fourth-order valence-corrected chi connectivity index (χ4v) is 2.77. The molecule has 2 rings (SSSR count). The summed E-state index contributed by atoms with van der Waals surface area (Å²) in [7, 11) is 1.49. The Kier molecular flexibility index (Phi) is 7.83. The number of nitrogens with zero attached hydrogens (tertiary/aromatic N) is 1. The van der Waals surface area contributed by atoms with Crippen LogP contribution in [0, 0.1) is 0 Å². The quantitative estimate of drug-likeness (QED) is 0.421. The average molecular weight is 404 g/mol. The van der Waals surface area contributed by atoms with Crippen molar-refractivity contribution >= 4 is 35.3 Å². The number of carbonyl (C=O) groups is 2. The van der Waals surface area contributed by atoms with Gasteiger partial charge in [0.15, 0.2) is 11.5 Å². The van der Waals surface area contributed by atoms with Crippen molar-refractivity contribution in [2.75, 3.05) is 19.0 Å². The number of rotatable bonds is 7. The lowest BCUT2D eigenvalue weighted by molar-refractivity contribution is -0.136. The van der Waals surface area contributed by atoms with Gasteiger partial charge in [-0.15, -0.1) is 0 Å². The molecule has 2 aromatic carbocycles. The number of halogens is 1. The van der Waals surface area contributed by atoms with Gasteiger partial charge in [-0.1, -0.05) is 36.7 Å². The molecule has 0 bridgehead atoms. The maximum atomic E-state index is 12.0. The van der Waals surface area contributed by atoms with Gasteiger partial charge in [0.1, 0.15) is 0 Å². The average Bonchev–Trinajstić information content (AvgIpc) is 2.68. The van der Waals surface area contributed by atoms with Crippen LogP contribution < -0.4 is 20.2 Å². The molecule has 0 fully saturated rings. The molecule has 0 aliphatic carbocycles. The molecule has 0 unspecified atom stereocenters. The van der Waals surface area contributed by atoms with Gasteiger partial charge in [0, 0.05) is 5.69 Å². The first-order valence-corrected chi connectivity index (χ1v) is 9.10. The summed E-state index contributed by atoms with van der Waals surface area (Å²) in [5.41, 5.74) is 4.30. The molecule has 2 amide bonds. The second-order valence-electron chi connectivity index (χ2n) is 5.63. The molecule has 0 spiro atoms. The minimum absolute atomic E-state index is 0.343. The topological polar surface area (TPSA) is 89.0 Å². The highest BCUT2D eigenvalue weighted by Gasteiger charge is 2.14. The Morgan fingerprint density at radius 2 is 1.93 bits per heavy atom. The summed E-state index contributed by atoms with van der Waals surface area (Å²) < 4.78 is 10.7. The van der Waals surface area contributed by atoms with E-state index in [4.69, 9.17) is 21.1 Å². The number of carbonyl (C=O) groups excluding carboxylic acids is 2. The number of hydrogen-bond donors (Lipinski definition) is 2. The molecule has 2 N–H and O–H groups in total. The molecule has 0 radical (unpaired) electrons. The van der Waals surface area contributed by atoms with Crippen molar-refractivity contribution in [2.45, 2.75) is 20.3 Å². The molecule has 8 heteroatoms. The molecule has 0 aliphatic heterocycles. The fraction of sp³-hybridized carbons (Fsp3) is 0.250. The van der Waals surface area contributed by atoms with Crippen molar-refractivity contribution in [2.24, 2.45) is 5.10 Å². The summed E-state index contributed by atoms with van der Waals surface area (Å²) in [6, 6.07) is 10.6. The molecule has 2 aromatic rings. The van der Waals surface area contributed by atoms with E-state index in [1.54, 1.807) is 24.3 Å².